The number of hydrogen-bond acceptors (Lipinski definition) is 5. The van der Waals surface area contributed by atoms with Gasteiger partial charge in [0.25, 0.3) is 0 Å². The van der Waals surface area contributed by atoms with Crippen LogP contribution in [0.25, 0.3) is 0 Å². The van der Waals surface area contributed by atoms with Gasteiger partial charge in [-0.1, -0.05) is 20.8 Å². The lowest BCUT2D eigenvalue weighted by atomic mass is 9.88. The maximum atomic E-state index is 9.37. The van der Waals surface area contributed by atoms with Crippen molar-refractivity contribution in [3.8, 4) is 6.07 Å². The molecule has 0 spiro atoms. The van der Waals surface area contributed by atoms with Crippen molar-refractivity contribution in [1.29, 1.82) is 5.26 Å². The van der Waals surface area contributed by atoms with Crippen LogP contribution in [0, 0.1) is 11.3 Å². The quantitative estimate of drug-likeness (QED) is 0.910. The Kier molecular flexibility index (Phi) is 5.52. The predicted molar refractivity (Wildman–Crippen MR) is 86.5 cm³/mol. The highest BCUT2D eigenvalue weighted by molar-refractivity contribution is 5.39. The highest BCUT2D eigenvalue weighted by Crippen LogP contribution is 2.24. The average molecular weight is 302 g/mol. The molecule has 1 aromatic heterocycles. The van der Waals surface area contributed by atoms with Crippen molar-refractivity contribution in [2.45, 2.75) is 32.7 Å². The van der Waals surface area contributed by atoms with Gasteiger partial charge in [-0.2, -0.15) is 5.26 Å². The fourth-order valence-corrected chi connectivity index (χ4v) is 2.85. The first kappa shape index (κ1) is 16.9. The van der Waals surface area contributed by atoms with Crippen LogP contribution >= 0.6 is 0 Å². The minimum absolute atomic E-state index is 0.112. The molecule has 0 atom stereocenters. The molecular weight excluding hydrogens is 276 g/mol. The van der Waals surface area contributed by atoms with Gasteiger partial charge < -0.3 is 5.11 Å². The van der Waals surface area contributed by atoms with Crippen LogP contribution in [-0.2, 0) is 12.0 Å². The van der Waals surface area contributed by atoms with Crippen LogP contribution in [0.4, 0.5) is 0 Å². The lowest BCUT2D eigenvalue weighted by molar-refractivity contribution is 0.108. The van der Waals surface area contributed by atoms with E-state index in [9.17, 15) is 5.26 Å². The number of hydrogen-bond donors (Lipinski definition) is 1. The first-order valence-corrected chi connectivity index (χ1v) is 7.89. The van der Waals surface area contributed by atoms with Crippen molar-refractivity contribution in [2.24, 2.45) is 0 Å². The molecule has 1 fully saturated rings. The third-order valence-corrected chi connectivity index (χ3v) is 4.06. The molecule has 0 bridgehead atoms. The molecule has 0 saturated carbocycles. The molecule has 1 aliphatic heterocycles. The molecule has 0 aromatic carbocycles. The van der Waals surface area contributed by atoms with Gasteiger partial charge in [0.15, 0.2) is 0 Å². The van der Waals surface area contributed by atoms with Gasteiger partial charge in [-0.15, -0.1) is 0 Å². The van der Waals surface area contributed by atoms with E-state index in [1.54, 1.807) is 0 Å². The minimum Gasteiger partial charge on any atom is -0.395 e. The number of aromatic nitrogens is 1. The molecule has 0 amide bonds. The summed E-state index contributed by atoms with van der Waals surface area (Å²) in [6.45, 7) is 12.0. The van der Waals surface area contributed by atoms with Crippen molar-refractivity contribution in [3.05, 3.63) is 29.1 Å². The highest BCUT2D eigenvalue weighted by atomic mass is 16.3. The summed E-state index contributed by atoms with van der Waals surface area (Å²) in [6.07, 6.45) is 1.90. The Morgan fingerprint density at radius 1 is 1.23 bits per heavy atom. The molecule has 0 aliphatic carbocycles. The molecule has 22 heavy (non-hydrogen) atoms. The summed E-state index contributed by atoms with van der Waals surface area (Å²) in [6, 6.07) is 4.27. The Morgan fingerprint density at radius 3 is 2.41 bits per heavy atom. The second kappa shape index (κ2) is 7.19. The molecule has 0 unspecified atom stereocenters. The van der Waals surface area contributed by atoms with E-state index in [0.717, 1.165) is 50.5 Å². The van der Waals surface area contributed by atoms with Gasteiger partial charge in [0.05, 0.1) is 17.9 Å². The Hall–Kier alpha value is -1.48. The number of aliphatic hydroxyl groups excluding tert-OH is 1. The standard InChI is InChI=1S/C17H26N4O/c1-17(2,3)16-15(11-18)10-14(12-19-16)13-21-6-4-20(5-7-21)8-9-22/h10,12,22H,4-9,13H2,1-3H3. The van der Waals surface area contributed by atoms with Crippen LogP contribution in [0.15, 0.2) is 12.3 Å². The number of β-amino-alcohol motifs (C(OH)–C–C–N with tert-alkyl or cyclic N) is 1. The van der Waals surface area contributed by atoms with E-state index < -0.39 is 0 Å². The van der Waals surface area contributed by atoms with E-state index in [4.69, 9.17) is 5.11 Å². The van der Waals surface area contributed by atoms with Crippen LogP contribution in [0.3, 0.4) is 0 Å². The number of pyridine rings is 1. The molecule has 1 N–H and O–H groups in total. The van der Waals surface area contributed by atoms with Crippen LogP contribution in [0.2, 0.25) is 0 Å². The fraction of sp³-hybridized carbons (Fsp3) is 0.647. The lowest BCUT2D eigenvalue weighted by Gasteiger charge is -2.34. The Morgan fingerprint density at radius 2 is 1.86 bits per heavy atom. The summed E-state index contributed by atoms with van der Waals surface area (Å²) in [7, 11) is 0. The molecule has 120 valence electrons. The van der Waals surface area contributed by atoms with E-state index >= 15 is 0 Å². The number of nitriles is 1. The summed E-state index contributed by atoms with van der Waals surface area (Å²) in [4.78, 5) is 9.19. The van der Waals surface area contributed by atoms with Crippen LogP contribution in [0.1, 0.15) is 37.6 Å². The largest absolute Gasteiger partial charge is 0.395 e. The zero-order valence-corrected chi connectivity index (χ0v) is 13.8. The monoisotopic (exact) mass is 302 g/mol. The highest BCUT2D eigenvalue weighted by Gasteiger charge is 2.21. The molecule has 1 aliphatic rings. The summed E-state index contributed by atoms with van der Waals surface area (Å²) < 4.78 is 0. The van der Waals surface area contributed by atoms with Gasteiger partial charge in [0.1, 0.15) is 6.07 Å². The molecular formula is C17H26N4O. The maximum Gasteiger partial charge on any atom is 0.101 e. The van der Waals surface area contributed by atoms with Gasteiger partial charge >= 0.3 is 0 Å². The number of nitrogens with zero attached hydrogens (tertiary/aromatic N) is 4. The van der Waals surface area contributed by atoms with Gasteiger partial charge in [-0.25, -0.2) is 0 Å². The van der Waals surface area contributed by atoms with Gasteiger partial charge in [-0.3, -0.25) is 14.8 Å². The fourth-order valence-electron chi connectivity index (χ4n) is 2.85. The number of aliphatic hydroxyl groups is 1. The molecule has 0 radical (unpaired) electrons. The minimum atomic E-state index is -0.112. The lowest BCUT2D eigenvalue weighted by Crippen LogP contribution is -2.46. The predicted octanol–water partition coefficient (Wildman–Crippen LogP) is 1.36. The number of piperazine rings is 1. The third kappa shape index (κ3) is 4.26. The topological polar surface area (TPSA) is 63.4 Å². The second-order valence-corrected chi connectivity index (χ2v) is 6.94. The first-order valence-electron chi connectivity index (χ1n) is 7.89. The molecule has 1 saturated heterocycles. The van der Waals surface area contributed by atoms with Crippen molar-refractivity contribution in [2.75, 3.05) is 39.3 Å². The van der Waals surface area contributed by atoms with Crippen molar-refractivity contribution < 1.29 is 5.11 Å². The third-order valence-electron chi connectivity index (χ3n) is 4.06. The summed E-state index contributed by atoms with van der Waals surface area (Å²) in [5.41, 5.74) is 2.54. The number of rotatable bonds is 4. The van der Waals surface area contributed by atoms with Crippen molar-refractivity contribution >= 4 is 0 Å². The molecule has 5 heteroatoms. The van der Waals surface area contributed by atoms with E-state index in [2.05, 4.69) is 41.6 Å². The van der Waals surface area contributed by atoms with Crippen LogP contribution < -0.4 is 0 Å². The van der Waals surface area contributed by atoms with Crippen molar-refractivity contribution in [1.82, 2.24) is 14.8 Å². The Bertz CT molecular complexity index is 537. The summed E-state index contributed by atoms with van der Waals surface area (Å²) >= 11 is 0. The van der Waals surface area contributed by atoms with Gasteiger partial charge in [-0.05, 0) is 11.6 Å². The van der Waals surface area contributed by atoms with Crippen LogP contribution in [-0.4, -0.2) is 59.2 Å². The first-order chi connectivity index (χ1) is 10.4. The van der Waals surface area contributed by atoms with Crippen molar-refractivity contribution in [3.63, 3.8) is 0 Å². The van der Waals surface area contributed by atoms with E-state index in [-0.39, 0.29) is 12.0 Å². The maximum absolute atomic E-state index is 9.37. The zero-order chi connectivity index (χ0) is 16.2. The summed E-state index contributed by atoms with van der Waals surface area (Å²) in [5.74, 6) is 0. The molecule has 2 rings (SSSR count). The van der Waals surface area contributed by atoms with E-state index in [1.807, 2.05) is 12.3 Å². The molecule has 1 aromatic rings. The second-order valence-electron chi connectivity index (χ2n) is 6.94. The zero-order valence-electron chi connectivity index (χ0n) is 13.8. The Labute approximate surface area is 133 Å². The Balaban J connectivity index is 2.01. The summed E-state index contributed by atoms with van der Waals surface area (Å²) in [5, 5.41) is 18.3. The molecule has 2 heterocycles. The van der Waals surface area contributed by atoms with E-state index in [1.165, 1.54) is 0 Å². The van der Waals surface area contributed by atoms with Gasteiger partial charge in [0.2, 0.25) is 0 Å². The van der Waals surface area contributed by atoms with E-state index in [0.29, 0.717) is 5.56 Å². The smallest absolute Gasteiger partial charge is 0.101 e. The normalized spacial score (nSPS) is 17.4. The average Bonchev–Trinajstić information content (AvgIpc) is 2.48. The van der Waals surface area contributed by atoms with Crippen LogP contribution in [0.5, 0.6) is 0 Å². The van der Waals surface area contributed by atoms with Gasteiger partial charge in [0, 0.05) is 50.9 Å². The SMILES string of the molecule is CC(C)(C)c1ncc(CN2CCN(CCO)CC2)cc1C#N. The molecule has 5 nitrogen and oxygen atoms in total.